The number of amides is 1. The molecule has 0 aliphatic heterocycles. The third kappa shape index (κ3) is 4.77. The minimum absolute atomic E-state index is 0.0250. The largest absolute Gasteiger partial charge is 0.416 e. The molecule has 3 aromatic rings. The second-order valence-electron chi connectivity index (χ2n) is 6.40. The van der Waals surface area contributed by atoms with Crippen LogP contribution in [0.4, 0.5) is 24.7 Å². The Balaban J connectivity index is 1.85. The van der Waals surface area contributed by atoms with Crippen LogP contribution in [0.3, 0.4) is 0 Å². The molecule has 3 rings (SSSR count). The smallest absolute Gasteiger partial charge is 0.310 e. The number of non-ortho nitro benzene ring substituents is 1. The maximum Gasteiger partial charge on any atom is 0.416 e. The Morgan fingerprint density at radius 1 is 1.20 bits per heavy atom. The van der Waals surface area contributed by atoms with Crippen LogP contribution in [0.25, 0.3) is 5.69 Å². The predicted molar refractivity (Wildman–Crippen MR) is 104 cm³/mol. The fraction of sp³-hybridized carbons (Fsp3) is 0.158. The van der Waals surface area contributed by atoms with Gasteiger partial charge in [-0.3, -0.25) is 14.9 Å². The van der Waals surface area contributed by atoms with E-state index in [-0.39, 0.29) is 28.6 Å². The molecule has 11 heteroatoms. The molecule has 0 atom stereocenters. The Hall–Kier alpha value is -3.40. The molecule has 0 bridgehead atoms. The molecule has 0 aliphatic carbocycles. The molecular weight excluding hydrogens is 425 g/mol. The first-order valence-corrected chi connectivity index (χ1v) is 8.89. The summed E-state index contributed by atoms with van der Waals surface area (Å²) in [5.74, 6) is -0.339. The van der Waals surface area contributed by atoms with E-state index >= 15 is 0 Å². The van der Waals surface area contributed by atoms with Crippen LogP contribution < -0.4 is 5.32 Å². The number of hydrogen-bond acceptors (Lipinski definition) is 4. The van der Waals surface area contributed by atoms with Gasteiger partial charge in [0.05, 0.1) is 33.3 Å². The van der Waals surface area contributed by atoms with Crippen molar-refractivity contribution in [2.24, 2.45) is 0 Å². The third-order valence-corrected chi connectivity index (χ3v) is 4.43. The number of rotatable bonds is 5. The normalized spacial score (nSPS) is 11.4. The number of nitro benzene ring substituents is 1. The van der Waals surface area contributed by atoms with Crippen LogP contribution in [0.15, 0.2) is 48.5 Å². The van der Waals surface area contributed by atoms with Crippen LogP contribution in [-0.4, -0.2) is 20.6 Å². The standard InChI is InChI=1S/C19H14ClF3N4O3/c1-11-8-17(24-18(28)9-12-2-5-14(6-3-12)27(29)30)26(25-11)16-10-13(19(21,22)23)4-7-15(16)20/h2-8,10H,9H2,1H3,(H,24,28). The lowest BCUT2D eigenvalue weighted by Gasteiger charge is -2.13. The van der Waals surface area contributed by atoms with Crippen LogP contribution >= 0.6 is 11.6 Å². The van der Waals surface area contributed by atoms with Gasteiger partial charge in [0.2, 0.25) is 5.91 Å². The van der Waals surface area contributed by atoms with Crippen molar-refractivity contribution in [3.63, 3.8) is 0 Å². The number of aryl methyl sites for hydroxylation is 1. The SMILES string of the molecule is Cc1cc(NC(=O)Cc2ccc([N+](=O)[O-])cc2)n(-c2cc(C(F)(F)F)ccc2Cl)n1. The summed E-state index contributed by atoms with van der Waals surface area (Å²) >= 11 is 6.07. The molecule has 1 heterocycles. The zero-order chi connectivity index (χ0) is 22.1. The quantitative estimate of drug-likeness (QED) is 0.451. The van der Waals surface area contributed by atoms with E-state index in [1.165, 1.54) is 30.3 Å². The topological polar surface area (TPSA) is 90.1 Å². The summed E-state index contributed by atoms with van der Waals surface area (Å²) in [6.07, 6.45) is -4.67. The number of nitro groups is 1. The molecular formula is C19H14ClF3N4O3. The number of anilines is 1. The number of nitrogens with zero attached hydrogens (tertiary/aromatic N) is 3. The van der Waals surface area contributed by atoms with E-state index in [2.05, 4.69) is 10.4 Å². The van der Waals surface area contributed by atoms with E-state index in [9.17, 15) is 28.1 Å². The fourth-order valence-electron chi connectivity index (χ4n) is 2.73. The van der Waals surface area contributed by atoms with Crippen molar-refractivity contribution >= 4 is 29.0 Å². The third-order valence-electron chi connectivity index (χ3n) is 4.11. The molecule has 1 N–H and O–H groups in total. The van der Waals surface area contributed by atoms with Crippen molar-refractivity contribution in [3.8, 4) is 5.69 Å². The Kier molecular flexibility index (Phi) is 5.79. The molecule has 0 spiro atoms. The molecule has 0 saturated heterocycles. The van der Waals surface area contributed by atoms with E-state index in [1.807, 2.05) is 0 Å². The summed E-state index contributed by atoms with van der Waals surface area (Å²) in [4.78, 5) is 22.6. The van der Waals surface area contributed by atoms with Gasteiger partial charge in [-0.2, -0.15) is 18.3 Å². The zero-order valence-corrected chi connectivity index (χ0v) is 16.2. The van der Waals surface area contributed by atoms with Gasteiger partial charge in [0.25, 0.3) is 5.69 Å². The van der Waals surface area contributed by atoms with Crippen molar-refractivity contribution in [3.05, 3.63) is 80.5 Å². The van der Waals surface area contributed by atoms with Gasteiger partial charge >= 0.3 is 6.18 Å². The lowest BCUT2D eigenvalue weighted by Crippen LogP contribution is -2.17. The number of halogens is 4. The van der Waals surface area contributed by atoms with E-state index in [0.717, 1.165) is 22.9 Å². The molecule has 0 saturated carbocycles. The van der Waals surface area contributed by atoms with Crippen molar-refractivity contribution in [2.75, 3.05) is 5.32 Å². The molecule has 0 fully saturated rings. The van der Waals surface area contributed by atoms with Crippen LogP contribution in [0.2, 0.25) is 5.02 Å². The minimum atomic E-state index is -4.57. The lowest BCUT2D eigenvalue weighted by atomic mass is 10.1. The summed E-state index contributed by atoms with van der Waals surface area (Å²) in [6.45, 7) is 1.62. The first-order valence-electron chi connectivity index (χ1n) is 8.51. The molecule has 7 nitrogen and oxygen atoms in total. The molecule has 0 unspecified atom stereocenters. The van der Waals surface area contributed by atoms with Gasteiger partial charge in [-0.25, -0.2) is 4.68 Å². The highest BCUT2D eigenvalue weighted by Gasteiger charge is 2.31. The summed E-state index contributed by atoms with van der Waals surface area (Å²) < 4.78 is 40.3. The summed E-state index contributed by atoms with van der Waals surface area (Å²) in [5.41, 5.74) is -0.0670. The molecule has 156 valence electrons. The molecule has 0 radical (unpaired) electrons. The van der Waals surface area contributed by atoms with Gasteiger partial charge in [-0.1, -0.05) is 23.7 Å². The summed E-state index contributed by atoms with van der Waals surface area (Å²) in [6, 6.07) is 9.76. The van der Waals surface area contributed by atoms with Gasteiger partial charge in [-0.05, 0) is 30.7 Å². The number of hydrogen-bond donors (Lipinski definition) is 1. The monoisotopic (exact) mass is 438 g/mol. The van der Waals surface area contributed by atoms with E-state index in [1.54, 1.807) is 6.92 Å². The van der Waals surface area contributed by atoms with Crippen molar-refractivity contribution < 1.29 is 22.9 Å². The number of benzene rings is 2. The van der Waals surface area contributed by atoms with Gasteiger partial charge in [0.1, 0.15) is 5.82 Å². The highest BCUT2D eigenvalue weighted by molar-refractivity contribution is 6.32. The highest BCUT2D eigenvalue weighted by atomic mass is 35.5. The average molecular weight is 439 g/mol. The lowest BCUT2D eigenvalue weighted by molar-refractivity contribution is -0.384. The summed E-state index contributed by atoms with van der Waals surface area (Å²) in [7, 11) is 0. The van der Waals surface area contributed by atoms with Crippen molar-refractivity contribution in [2.45, 2.75) is 19.5 Å². The Labute approximate surface area is 173 Å². The Morgan fingerprint density at radius 3 is 2.47 bits per heavy atom. The predicted octanol–water partition coefficient (Wildman–Crippen LogP) is 4.94. The Bertz CT molecular complexity index is 1110. The fourth-order valence-corrected chi connectivity index (χ4v) is 2.93. The van der Waals surface area contributed by atoms with Gasteiger partial charge in [0, 0.05) is 18.2 Å². The van der Waals surface area contributed by atoms with E-state index in [4.69, 9.17) is 11.6 Å². The molecule has 1 amide bonds. The van der Waals surface area contributed by atoms with Crippen LogP contribution in [0.1, 0.15) is 16.8 Å². The molecule has 1 aromatic heterocycles. The second kappa shape index (κ2) is 8.15. The minimum Gasteiger partial charge on any atom is -0.310 e. The number of carbonyl (C=O) groups is 1. The second-order valence-corrected chi connectivity index (χ2v) is 6.80. The first-order chi connectivity index (χ1) is 14.0. The van der Waals surface area contributed by atoms with Gasteiger partial charge in [-0.15, -0.1) is 0 Å². The number of aromatic nitrogens is 2. The molecule has 0 aliphatic rings. The number of alkyl halides is 3. The summed E-state index contributed by atoms with van der Waals surface area (Å²) in [5, 5.41) is 17.4. The zero-order valence-electron chi connectivity index (χ0n) is 15.4. The van der Waals surface area contributed by atoms with Crippen LogP contribution in [0, 0.1) is 17.0 Å². The number of carbonyl (C=O) groups excluding carboxylic acids is 1. The molecule has 2 aromatic carbocycles. The van der Waals surface area contributed by atoms with Crippen LogP contribution in [0.5, 0.6) is 0 Å². The maximum absolute atomic E-state index is 13.1. The highest BCUT2D eigenvalue weighted by Crippen LogP contribution is 2.34. The Morgan fingerprint density at radius 2 is 1.87 bits per heavy atom. The molecule has 30 heavy (non-hydrogen) atoms. The van der Waals surface area contributed by atoms with Crippen molar-refractivity contribution in [1.29, 1.82) is 0 Å². The number of nitrogens with one attached hydrogen (secondary N) is 1. The van der Waals surface area contributed by atoms with Crippen molar-refractivity contribution in [1.82, 2.24) is 9.78 Å². The van der Waals surface area contributed by atoms with Crippen LogP contribution in [-0.2, 0) is 17.4 Å². The first kappa shape index (κ1) is 21.3. The van der Waals surface area contributed by atoms with E-state index in [0.29, 0.717) is 11.3 Å². The van der Waals surface area contributed by atoms with E-state index < -0.39 is 22.6 Å². The average Bonchev–Trinajstić information content (AvgIpc) is 3.01. The maximum atomic E-state index is 13.1. The van der Waals surface area contributed by atoms with Gasteiger partial charge in [0.15, 0.2) is 0 Å². The van der Waals surface area contributed by atoms with Gasteiger partial charge < -0.3 is 5.32 Å².